The molecule has 0 unspecified atom stereocenters. The zero-order valence-corrected chi connectivity index (χ0v) is 13.2. The van der Waals surface area contributed by atoms with E-state index >= 15 is 0 Å². The quantitative estimate of drug-likeness (QED) is 0.886. The van der Waals surface area contributed by atoms with E-state index in [-0.39, 0.29) is 24.1 Å². The molecule has 2 aromatic rings. The van der Waals surface area contributed by atoms with Crippen molar-refractivity contribution in [3.8, 4) is 0 Å². The van der Waals surface area contributed by atoms with E-state index in [1.165, 1.54) is 17.1 Å². The van der Waals surface area contributed by atoms with Crippen molar-refractivity contribution < 1.29 is 19.4 Å². The van der Waals surface area contributed by atoms with Crippen LogP contribution in [0, 0.1) is 0 Å². The first-order valence-electron chi connectivity index (χ1n) is 7.80. The standard InChI is InChI=1S/C17H19N3O4/c21-16(11-19-10-14(9-18-19)17(22)23)20-6-7-24-12-15(20)8-13-4-2-1-3-5-13/h1-5,9-10,15H,6-8,11-12H2,(H,22,23)/t15-/m0/s1. The number of carbonyl (C=O) groups is 2. The van der Waals surface area contributed by atoms with Gasteiger partial charge >= 0.3 is 5.97 Å². The Hall–Kier alpha value is -2.67. The number of aromatic carboxylic acids is 1. The Kier molecular flexibility index (Phi) is 4.90. The highest BCUT2D eigenvalue weighted by Gasteiger charge is 2.27. The lowest BCUT2D eigenvalue weighted by Crippen LogP contribution is -2.50. The summed E-state index contributed by atoms with van der Waals surface area (Å²) in [6.45, 7) is 1.57. The molecule has 0 spiro atoms. The van der Waals surface area contributed by atoms with Crippen LogP contribution in [0.4, 0.5) is 0 Å². The number of nitrogens with zero attached hydrogens (tertiary/aromatic N) is 3. The van der Waals surface area contributed by atoms with Crippen molar-refractivity contribution >= 4 is 11.9 Å². The van der Waals surface area contributed by atoms with Crippen molar-refractivity contribution in [3.05, 3.63) is 53.9 Å². The van der Waals surface area contributed by atoms with Crippen molar-refractivity contribution in [2.24, 2.45) is 0 Å². The normalized spacial score (nSPS) is 17.7. The van der Waals surface area contributed by atoms with E-state index in [0.717, 1.165) is 12.0 Å². The van der Waals surface area contributed by atoms with Crippen LogP contribution in [-0.4, -0.2) is 57.5 Å². The Bertz CT molecular complexity index is 714. The smallest absolute Gasteiger partial charge is 0.338 e. The van der Waals surface area contributed by atoms with Crippen LogP contribution in [0.25, 0.3) is 0 Å². The molecular formula is C17H19N3O4. The molecule has 0 bridgehead atoms. The van der Waals surface area contributed by atoms with Gasteiger partial charge in [0.25, 0.3) is 0 Å². The van der Waals surface area contributed by atoms with Gasteiger partial charge in [-0.25, -0.2) is 4.79 Å². The number of carboxylic acid groups (broad SMARTS) is 1. The number of aromatic nitrogens is 2. The highest BCUT2D eigenvalue weighted by Crippen LogP contribution is 2.14. The first kappa shape index (κ1) is 16.2. The number of rotatable bonds is 5. The summed E-state index contributed by atoms with van der Waals surface area (Å²) < 4.78 is 6.89. The number of hydrogen-bond donors (Lipinski definition) is 1. The Morgan fingerprint density at radius 2 is 2.08 bits per heavy atom. The summed E-state index contributed by atoms with van der Waals surface area (Å²) in [5, 5.41) is 12.9. The molecule has 126 valence electrons. The number of morpholine rings is 1. The van der Waals surface area contributed by atoms with Gasteiger partial charge in [-0.2, -0.15) is 5.10 Å². The fourth-order valence-corrected chi connectivity index (χ4v) is 2.83. The van der Waals surface area contributed by atoms with E-state index in [4.69, 9.17) is 9.84 Å². The molecule has 0 radical (unpaired) electrons. The molecule has 7 heteroatoms. The van der Waals surface area contributed by atoms with Gasteiger partial charge in [0.2, 0.25) is 5.91 Å². The molecule has 1 aliphatic heterocycles. The summed E-state index contributed by atoms with van der Waals surface area (Å²) in [6.07, 6.45) is 3.34. The summed E-state index contributed by atoms with van der Waals surface area (Å²) in [6, 6.07) is 9.95. The maximum atomic E-state index is 12.6. The second-order valence-electron chi connectivity index (χ2n) is 5.74. The molecule has 1 fully saturated rings. The van der Waals surface area contributed by atoms with Crippen LogP contribution < -0.4 is 0 Å². The predicted octanol–water partition coefficient (Wildman–Crippen LogP) is 1.05. The molecule has 1 N–H and O–H groups in total. The van der Waals surface area contributed by atoms with Crippen LogP contribution in [0.15, 0.2) is 42.7 Å². The number of carboxylic acids is 1. The molecule has 0 saturated carbocycles. The summed E-state index contributed by atoms with van der Waals surface area (Å²) in [4.78, 5) is 25.3. The molecule has 1 amide bonds. The molecule has 1 atom stereocenters. The molecule has 2 heterocycles. The topological polar surface area (TPSA) is 84.7 Å². The van der Waals surface area contributed by atoms with Crippen LogP contribution in [0.2, 0.25) is 0 Å². The van der Waals surface area contributed by atoms with Gasteiger partial charge in [-0.3, -0.25) is 9.48 Å². The molecule has 7 nitrogen and oxygen atoms in total. The minimum atomic E-state index is -1.05. The third-order valence-electron chi connectivity index (χ3n) is 4.04. The Labute approximate surface area is 139 Å². The van der Waals surface area contributed by atoms with Gasteiger partial charge in [-0.05, 0) is 12.0 Å². The lowest BCUT2D eigenvalue weighted by Gasteiger charge is -2.35. The van der Waals surface area contributed by atoms with Gasteiger partial charge < -0.3 is 14.7 Å². The van der Waals surface area contributed by atoms with E-state index in [1.807, 2.05) is 30.3 Å². The summed E-state index contributed by atoms with van der Waals surface area (Å²) in [5.74, 6) is -1.14. The predicted molar refractivity (Wildman–Crippen MR) is 85.7 cm³/mol. The van der Waals surface area contributed by atoms with Gasteiger partial charge in [0.1, 0.15) is 6.54 Å². The monoisotopic (exact) mass is 329 g/mol. The van der Waals surface area contributed by atoms with Crippen molar-refractivity contribution in [2.45, 2.75) is 19.0 Å². The van der Waals surface area contributed by atoms with Gasteiger partial charge in [-0.15, -0.1) is 0 Å². The highest BCUT2D eigenvalue weighted by molar-refractivity contribution is 5.87. The van der Waals surface area contributed by atoms with Crippen molar-refractivity contribution in [1.29, 1.82) is 0 Å². The lowest BCUT2D eigenvalue weighted by molar-refractivity contribution is -0.140. The van der Waals surface area contributed by atoms with Crippen LogP contribution in [-0.2, 0) is 22.5 Å². The van der Waals surface area contributed by atoms with Crippen LogP contribution in [0.3, 0.4) is 0 Å². The van der Waals surface area contributed by atoms with Crippen molar-refractivity contribution in [3.63, 3.8) is 0 Å². The SMILES string of the molecule is O=C(O)c1cnn(CC(=O)N2CCOC[C@@H]2Cc2ccccc2)c1. The summed E-state index contributed by atoms with van der Waals surface area (Å²) >= 11 is 0. The van der Waals surface area contributed by atoms with E-state index in [1.54, 1.807) is 4.90 Å². The molecule has 24 heavy (non-hydrogen) atoms. The maximum Gasteiger partial charge on any atom is 0.338 e. The second kappa shape index (κ2) is 7.27. The van der Waals surface area contributed by atoms with Gasteiger partial charge in [-0.1, -0.05) is 30.3 Å². The molecule has 3 rings (SSSR count). The molecule has 0 aliphatic carbocycles. The highest BCUT2D eigenvalue weighted by atomic mass is 16.5. The average molecular weight is 329 g/mol. The largest absolute Gasteiger partial charge is 0.478 e. The van der Waals surface area contributed by atoms with Crippen molar-refractivity contribution in [2.75, 3.05) is 19.8 Å². The molecule has 1 aromatic heterocycles. The van der Waals surface area contributed by atoms with Gasteiger partial charge in [0.15, 0.2) is 0 Å². The van der Waals surface area contributed by atoms with E-state index in [9.17, 15) is 9.59 Å². The number of benzene rings is 1. The maximum absolute atomic E-state index is 12.6. The first-order chi connectivity index (χ1) is 11.6. The van der Waals surface area contributed by atoms with E-state index in [0.29, 0.717) is 19.8 Å². The van der Waals surface area contributed by atoms with Crippen LogP contribution >= 0.6 is 0 Å². The van der Waals surface area contributed by atoms with Gasteiger partial charge in [0.05, 0.1) is 31.0 Å². The molecular weight excluding hydrogens is 310 g/mol. The lowest BCUT2D eigenvalue weighted by atomic mass is 10.0. The molecule has 1 saturated heterocycles. The van der Waals surface area contributed by atoms with E-state index in [2.05, 4.69) is 5.10 Å². The second-order valence-corrected chi connectivity index (χ2v) is 5.74. The third-order valence-corrected chi connectivity index (χ3v) is 4.04. The molecule has 1 aromatic carbocycles. The number of ether oxygens (including phenoxy) is 1. The summed E-state index contributed by atoms with van der Waals surface area (Å²) in [5.41, 5.74) is 1.23. The Balaban J connectivity index is 1.67. The van der Waals surface area contributed by atoms with Crippen molar-refractivity contribution in [1.82, 2.24) is 14.7 Å². The number of amides is 1. The minimum Gasteiger partial charge on any atom is -0.478 e. The zero-order valence-electron chi connectivity index (χ0n) is 13.2. The first-order valence-corrected chi connectivity index (χ1v) is 7.80. The zero-order chi connectivity index (χ0) is 16.9. The van der Waals surface area contributed by atoms with Gasteiger partial charge in [0, 0.05) is 12.7 Å². The average Bonchev–Trinajstić information content (AvgIpc) is 3.05. The fourth-order valence-electron chi connectivity index (χ4n) is 2.83. The summed E-state index contributed by atoms with van der Waals surface area (Å²) in [7, 11) is 0. The van der Waals surface area contributed by atoms with Crippen LogP contribution in [0.1, 0.15) is 15.9 Å². The molecule has 1 aliphatic rings. The van der Waals surface area contributed by atoms with E-state index < -0.39 is 5.97 Å². The van der Waals surface area contributed by atoms with Crippen LogP contribution in [0.5, 0.6) is 0 Å². The fraction of sp³-hybridized carbons (Fsp3) is 0.353. The third kappa shape index (κ3) is 3.80. The Morgan fingerprint density at radius 1 is 1.29 bits per heavy atom. The number of carbonyl (C=O) groups excluding carboxylic acids is 1. The Morgan fingerprint density at radius 3 is 2.79 bits per heavy atom. The number of hydrogen-bond acceptors (Lipinski definition) is 4. The minimum absolute atomic E-state index is 0.0249.